The first-order chi connectivity index (χ1) is 11.6. The zero-order chi connectivity index (χ0) is 16.9. The molecule has 6 heteroatoms. The van der Waals surface area contributed by atoms with Crippen molar-refractivity contribution in [2.45, 2.75) is 20.0 Å². The third-order valence-corrected chi connectivity index (χ3v) is 5.20. The van der Waals surface area contributed by atoms with Crippen LogP contribution >= 0.6 is 11.3 Å². The third-order valence-electron chi connectivity index (χ3n) is 4.18. The first-order valence-electron chi connectivity index (χ1n) is 8.37. The summed E-state index contributed by atoms with van der Waals surface area (Å²) in [6.45, 7) is 8.86. The number of rotatable bonds is 6. The van der Waals surface area contributed by atoms with Crippen molar-refractivity contribution in [2.24, 2.45) is 0 Å². The van der Waals surface area contributed by atoms with Gasteiger partial charge in [0, 0.05) is 38.1 Å². The van der Waals surface area contributed by atoms with Crippen LogP contribution in [0.1, 0.15) is 11.3 Å². The lowest BCUT2D eigenvalue weighted by Crippen LogP contribution is -2.49. The van der Waals surface area contributed by atoms with Gasteiger partial charge in [0.05, 0.1) is 5.69 Å². The molecule has 1 aliphatic heterocycles. The summed E-state index contributed by atoms with van der Waals surface area (Å²) in [5.74, 6) is 0.809. The van der Waals surface area contributed by atoms with Gasteiger partial charge in [-0.2, -0.15) is 0 Å². The Balaban J connectivity index is 1.39. The van der Waals surface area contributed by atoms with Gasteiger partial charge >= 0.3 is 0 Å². The molecule has 24 heavy (non-hydrogen) atoms. The number of piperazine rings is 1. The first kappa shape index (κ1) is 17.2. The van der Waals surface area contributed by atoms with Crippen molar-refractivity contribution < 1.29 is 9.84 Å². The third kappa shape index (κ3) is 4.69. The molecule has 1 fully saturated rings. The molecule has 1 N–H and O–H groups in total. The van der Waals surface area contributed by atoms with Gasteiger partial charge < -0.3 is 14.7 Å². The lowest BCUT2D eigenvalue weighted by molar-refractivity contribution is 0.0663. The van der Waals surface area contributed by atoms with Crippen LogP contribution < -0.4 is 9.64 Å². The van der Waals surface area contributed by atoms with Crippen LogP contribution in [0.2, 0.25) is 0 Å². The minimum absolute atomic E-state index is 0.328. The topological polar surface area (TPSA) is 48.8 Å². The molecule has 1 saturated heterocycles. The molecule has 1 aromatic heterocycles. The second kappa shape index (κ2) is 7.96. The average Bonchev–Trinajstić information content (AvgIpc) is 3.01. The maximum atomic E-state index is 10.2. The summed E-state index contributed by atoms with van der Waals surface area (Å²) in [5, 5.41) is 13.4. The number of aliphatic hydroxyl groups excluding tert-OH is 1. The predicted molar refractivity (Wildman–Crippen MR) is 98.2 cm³/mol. The van der Waals surface area contributed by atoms with Crippen molar-refractivity contribution in [1.82, 2.24) is 9.88 Å². The maximum Gasteiger partial charge on any atom is 0.185 e. The Kier molecular flexibility index (Phi) is 5.71. The molecular formula is C18H25N3O2S. The quantitative estimate of drug-likeness (QED) is 0.869. The highest BCUT2D eigenvalue weighted by Crippen LogP contribution is 2.21. The van der Waals surface area contributed by atoms with E-state index in [1.54, 1.807) is 11.3 Å². The molecule has 3 rings (SSSR count). The van der Waals surface area contributed by atoms with Crippen LogP contribution in [0.25, 0.3) is 0 Å². The first-order valence-corrected chi connectivity index (χ1v) is 9.25. The second-order valence-electron chi connectivity index (χ2n) is 6.34. The minimum atomic E-state index is -0.472. The molecule has 130 valence electrons. The molecule has 1 unspecified atom stereocenters. The zero-order valence-corrected chi connectivity index (χ0v) is 15.1. The van der Waals surface area contributed by atoms with E-state index in [4.69, 9.17) is 4.74 Å². The molecule has 0 saturated carbocycles. The Labute approximate surface area is 147 Å². The van der Waals surface area contributed by atoms with E-state index in [0.29, 0.717) is 13.2 Å². The maximum absolute atomic E-state index is 10.2. The van der Waals surface area contributed by atoms with Gasteiger partial charge in [0.25, 0.3) is 0 Å². The fraction of sp³-hybridized carbons (Fsp3) is 0.500. The average molecular weight is 347 g/mol. The predicted octanol–water partition coefficient (Wildman–Crippen LogP) is 2.32. The molecule has 1 aliphatic rings. The van der Waals surface area contributed by atoms with Gasteiger partial charge in [0.15, 0.2) is 5.13 Å². The van der Waals surface area contributed by atoms with Gasteiger partial charge in [0.1, 0.15) is 18.5 Å². The number of benzene rings is 1. The van der Waals surface area contributed by atoms with Gasteiger partial charge in [-0.1, -0.05) is 17.7 Å². The fourth-order valence-corrected chi connectivity index (χ4v) is 3.64. The number of thiazole rings is 1. The molecule has 0 radical (unpaired) electrons. The largest absolute Gasteiger partial charge is 0.491 e. The summed E-state index contributed by atoms with van der Waals surface area (Å²) < 4.78 is 5.66. The van der Waals surface area contributed by atoms with Gasteiger partial charge in [0.2, 0.25) is 0 Å². The summed E-state index contributed by atoms with van der Waals surface area (Å²) in [6, 6.07) is 7.91. The van der Waals surface area contributed by atoms with Crippen molar-refractivity contribution in [1.29, 1.82) is 0 Å². The van der Waals surface area contributed by atoms with Crippen molar-refractivity contribution in [3.63, 3.8) is 0 Å². The van der Waals surface area contributed by atoms with Crippen LogP contribution in [-0.2, 0) is 0 Å². The van der Waals surface area contributed by atoms with Crippen LogP contribution in [0.5, 0.6) is 5.75 Å². The Morgan fingerprint density at radius 2 is 1.88 bits per heavy atom. The molecular weight excluding hydrogens is 322 g/mol. The van der Waals surface area contributed by atoms with E-state index < -0.39 is 6.10 Å². The van der Waals surface area contributed by atoms with E-state index in [0.717, 1.165) is 42.8 Å². The summed E-state index contributed by atoms with van der Waals surface area (Å²) >= 11 is 1.70. The lowest BCUT2D eigenvalue weighted by Gasteiger charge is -2.35. The van der Waals surface area contributed by atoms with Crippen LogP contribution in [0.15, 0.2) is 29.6 Å². The lowest BCUT2D eigenvalue weighted by atomic mass is 10.2. The van der Waals surface area contributed by atoms with Crippen LogP contribution in [0, 0.1) is 13.8 Å². The number of aliphatic hydroxyl groups is 1. The molecule has 1 aromatic carbocycles. The number of hydrogen-bond acceptors (Lipinski definition) is 6. The summed E-state index contributed by atoms with van der Waals surface area (Å²) in [5.41, 5.74) is 2.29. The SMILES string of the molecule is Cc1ccc(OCC(O)CN2CCN(c3nc(C)cs3)CC2)cc1. The zero-order valence-electron chi connectivity index (χ0n) is 14.3. The van der Waals surface area contributed by atoms with E-state index >= 15 is 0 Å². The highest BCUT2D eigenvalue weighted by Gasteiger charge is 2.21. The number of nitrogens with zero attached hydrogens (tertiary/aromatic N) is 3. The monoisotopic (exact) mass is 347 g/mol. The molecule has 1 atom stereocenters. The smallest absolute Gasteiger partial charge is 0.185 e. The van der Waals surface area contributed by atoms with Gasteiger partial charge in [-0.25, -0.2) is 4.98 Å². The molecule has 0 bridgehead atoms. The number of aryl methyl sites for hydroxylation is 2. The van der Waals surface area contributed by atoms with Crippen molar-refractivity contribution in [3.05, 3.63) is 40.9 Å². The standard InChI is InChI=1S/C18H25N3O2S/c1-14-3-5-17(6-4-14)23-12-16(22)11-20-7-9-21(10-8-20)18-19-15(2)13-24-18/h3-6,13,16,22H,7-12H2,1-2H3. The Morgan fingerprint density at radius 1 is 1.17 bits per heavy atom. The minimum Gasteiger partial charge on any atom is -0.491 e. The molecule has 2 aromatic rings. The van der Waals surface area contributed by atoms with E-state index in [2.05, 4.69) is 20.2 Å². The van der Waals surface area contributed by atoms with Crippen LogP contribution in [0.3, 0.4) is 0 Å². The summed E-state index contributed by atoms with van der Waals surface area (Å²) in [6.07, 6.45) is -0.472. The Morgan fingerprint density at radius 3 is 2.50 bits per heavy atom. The normalized spacial score (nSPS) is 17.0. The number of anilines is 1. The van der Waals surface area contributed by atoms with E-state index in [-0.39, 0.29) is 0 Å². The summed E-state index contributed by atoms with van der Waals surface area (Å²) in [7, 11) is 0. The van der Waals surface area contributed by atoms with Gasteiger partial charge in [-0.15, -0.1) is 11.3 Å². The van der Waals surface area contributed by atoms with E-state index in [9.17, 15) is 5.11 Å². The molecule has 0 amide bonds. The van der Waals surface area contributed by atoms with E-state index in [1.165, 1.54) is 5.56 Å². The van der Waals surface area contributed by atoms with E-state index in [1.807, 2.05) is 38.1 Å². The molecule has 2 heterocycles. The highest BCUT2D eigenvalue weighted by molar-refractivity contribution is 7.13. The van der Waals surface area contributed by atoms with Gasteiger partial charge in [-0.3, -0.25) is 4.90 Å². The fourth-order valence-electron chi connectivity index (χ4n) is 2.79. The number of hydrogen-bond donors (Lipinski definition) is 1. The highest BCUT2D eigenvalue weighted by atomic mass is 32.1. The second-order valence-corrected chi connectivity index (χ2v) is 7.17. The van der Waals surface area contributed by atoms with Crippen molar-refractivity contribution in [2.75, 3.05) is 44.2 Å². The molecule has 0 aliphatic carbocycles. The molecule has 5 nitrogen and oxygen atoms in total. The Hall–Kier alpha value is -1.63. The van der Waals surface area contributed by atoms with Crippen molar-refractivity contribution in [3.8, 4) is 5.75 Å². The van der Waals surface area contributed by atoms with Crippen molar-refractivity contribution >= 4 is 16.5 Å². The van der Waals surface area contributed by atoms with Gasteiger partial charge in [-0.05, 0) is 26.0 Å². The summed E-state index contributed by atoms with van der Waals surface area (Å²) in [4.78, 5) is 9.16. The Bertz CT molecular complexity index is 636. The van der Waals surface area contributed by atoms with Crippen LogP contribution in [0.4, 0.5) is 5.13 Å². The molecule has 0 spiro atoms. The number of β-amino-alcohol motifs (C(OH)–C–C–N with tert-alkyl or cyclic N) is 1. The number of aromatic nitrogens is 1. The van der Waals surface area contributed by atoms with Crippen LogP contribution in [-0.4, -0.2) is 60.4 Å². The number of ether oxygens (including phenoxy) is 1.